The summed E-state index contributed by atoms with van der Waals surface area (Å²) < 4.78 is 28.6. The van der Waals surface area contributed by atoms with E-state index in [0.29, 0.717) is 0 Å². The third-order valence-electron chi connectivity index (χ3n) is 1.91. The average Bonchev–Trinajstić information content (AvgIpc) is 2.35. The van der Waals surface area contributed by atoms with Crippen molar-refractivity contribution in [2.24, 2.45) is 5.11 Å². The van der Waals surface area contributed by atoms with Crippen molar-refractivity contribution >= 4 is 9.84 Å². The number of rotatable bonds is 5. The Morgan fingerprint density at radius 2 is 2.12 bits per heavy atom. The number of ether oxygens (including phenoxy) is 1. The molecule has 0 saturated heterocycles. The maximum absolute atomic E-state index is 11.9. The number of methoxy groups -OCH3 is 1. The maximum atomic E-state index is 11.9. The molecule has 0 atom stereocenters. The predicted octanol–water partition coefficient (Wildman–Crippen LogP) is 2.26. The van der Waals surface area contributed by atoms with Gasteiger partial charge in [-0.25, -0.2) is 8.42 Å². The van der Waals surface area contributed by atoms with Crippen LogP contribution in [0.1, 0.15) is 0 Å². The number of nitrogens with zero attached hydrogens (tertiary/aromatic N) is 3. The summed E-state index contributed by atoms with van der Waals surface area (Å²) in [6, 6.07) is 7.93. The summed E-state index contributed by atoms with van der Waals surface area (Å²) in [6.07, 6.45) is 0. The molecule has 0 fully saturated rings. The van der Waals surface area contributed by atoms with Gasteiger partial charge in [-0.1, -0.05) is 23.3 Å². The topological polar surface area (TPSA) is 92.1 Å². The molecule has 0 N–H and O–H groups in total. The molecule has 17 heavy (non-hydrogen) atoms. The Hall–Kier alpha value is -1.98. The van der Waals surface area contributed by atoms with Gasteiger partial charge in [-0.3, -0.25) is 0 Å². The van der Waals surface area contributed by atoms with E-state index in [1.165, 1.54) is 19.2 Å². The Morgan fingerprint density at radius 1 is 1.47 bits per heavy atom. The molecule has 6 nitrogen and oxygen atoms in total. The minimum absolute atomic E-state index is 0.0895. The first-order valence-electron chi connectivity index (χ1n) is 4.65. The zero-order valence-electron chi connectivity index (χ0n) is 9.15. The average molecular weight is 253 g/mol. The molecule has 0 saturated carbocycles. The van der Waals surface area contributed by atoms with E-state index >= 15 is 0 Å². The summed E-state index contributed by atoms with van der Waals surface area (Å²) >= 11 is 0. The fourth-order valence-electron chi connectivity index (χ4n) is 1.10. The molecule has 0 spiro atoms. The van der Waals surface area contributed by atoms with Gasteiger partial charge in [0.05, 0.1) is 24.0 Å². The van der Waals surface area contributed by atoms with Crippen LogP contribution < -0.4 is 0 Å². The summed E-state index contributed by atoms with van der Waals surface area (Å²) in [5, 5.41) is 4.20. The maximum Gasteiger partial charge on any atom is 0.203 e. The number of benzene rings is 1. The molecule has 0 radical (unpaired) electrons. The Kier molecular flexibility index (Phi) is 4.56. The highest BCUT2D eigenvalue weighted by Crippen LogP contribution is 2.13. The van der Waals surface area contributed by atoms with Gasteiger partial charge in [0, 0.05) is 4.91 Å². The molecular weight excluding hydrogens is 242 g/mol. The first-order chi connectivity index (χ1) is 8.10. The van der Waals surface area contributed by atoms with Crippen LogP contribution in [0.15, 0.2) is 51.5 Å². The minimum Gasteiger partial charge on any atom is -0.500 e. The largest absolute Gasteiger partial charge is 0.500 e. The second-order valence-corrected chi connectivity index (χ2v) is 4.83. The second kappa shape index (κ2) is 5.93. The molecule has 0 aliphatic rings. The van der Waals surface area contributed by atoms with Crippen LogP contribution in [0.5, 0.6) is 0 Å². The van der Waals surface area contributed by atoms with Crippen molar-refractivity contribution in [1.29, 1.82) is 0 Å². The molecule has 7 heteroatoms. The summed E-state index contributed by atoms with van der Waals surface area (Å²) in [5.41, 5.74) is 8.15. The standard InChI is InChI=1S/C10H11N3O3S/c1-16-9(7-12-13-11)8-17(14,15)10-5-3-2-4-6-10/h2-6,8H,7H2,1H3/b9-8-. The summed E-state index contributed by atoms with van der Waals surface area (Å²) in [6.45, 7) is -0.140. The monoisotopic (exact) mass is 253 g/mol. The second-order valence-electron chi connectivity index (χ2n) is 3.04. The van der Waals surface area contributed by atoms with Crippen molar-refractivity contribution < 1.29 is 13.2 Å². The molecule has 0 aliphatic carbocycles. The van der Waals surface area contributed by atoms with Crippen LogP contribution in [0.25, 0.3) is 10.4 Å². The molecule has 1 aromatic rings. The van der Waals surface area contributed by atoms with Gasteiger partial charge in [0.2, 0.25) is 9.84 Å². The van der Waals surface area contributed by atoms with Crippen LogP contribution in [-0.4, -0.2) is 22.1 Å². The molecule has 0 bridgehead atoms. The molecular formula is C10H11N3O3S. The molecule has 1 rings (SSSR count). The van der Waals surface area contributed by atoms with Crippen molar-refractivity contribution in [2.45, 2.75) is 4.90 Å². The lowest BCUT2D eigenvalue weighted by molar-refractivity contribution is 0.288. The smallest absolute Gasteiger partial charge is 0.203 e. The Bertz CT molecular complexity index is 545. The molecule has 0 unspecified atom stereocenters. The highest BCUT2D eigenvalue weighted by atomic mass is 32.2. The molecule has 0 aromatic heterocycles. The van der Waals surface area contributed by atoms with Crippen molar-refractivity contribution in [3.63, 3.8) is 0 Å². The van der Waals surface area contributed by atoms with Crippen LogP contribution in [-0.2, 0) is 14.6 Å². The lowest BCUT2D eigenvalue weighted by Crippen LogP contribution is -2.01. The summed E-state index contributed by atoms with van der Waals surface area (Å²) in [4.78, 5) is 2.70. The van der Waals surface area contributed by atoms with Crippen LogP contribution in [0.4, 0.5) is 0 Å². The van der Waals surface area contributed by atoms with Gasteiger partial charge in [0.1, 0.15) is 5.76 Å². The Labute approximate surface area is 99.1 Å². The molecule has 90 valence electrons. The normalized spacial score (nSPS) is 11.7. The molecule has 0 heterocycles. The number of hydrogen-bond donors (Lipinski definition) is 0. The summed E-state index contributed by atoms with van der Waals surface area (Å²) in [7, 11) is -2.25. The van der Waals surface area contributed by atoms with Crippen molar-refractivity contribution in [3.05, 3.63) is 51.9 Å². The van der Waals surface area contributed by atoms with Gasteiger partial charge in [-0.2, -0.15) is 0 Å². The third-order valence-corrected chi connectivity index (χ3v) is 3.41. The van der Waals surface area contributed by atoms with E-state index in [2.05, 4.69) is 10.0 Å². The van der Waals surface area contributed by atoms with E-state index in [0.717, 1.165) is 5.41 Å². The fourth-order valence-corrected chi connectivity index (χ4v) is 2.29. The van der Waals surface area contributed by atoms with Crippen LogP contribution >= 0.6 is 0 Å². The van der Waals surface area contributed by atoms with Gasteiger partial charge in [0.25, 0.3) is 0 Å². The Morgan fingerprint density at radius 3 is 2.65 bits per heavy atom. The first-order valence-corrected chi connectivity index (χ1v) is 6.20. The molecule has 1 aromatic carbocycles. The highest BCUT2D eigenvalue weighted by Gasteiger charge is 2.12. The summed E-state index contributed by atoms with van der Waals surface area (Å²) in [5.74, 6) is 0.0895. The Balaban J connectivity index is 3.06. The quantitative estimate of drug-likeness (QED) is 0.348. The lowest BCUT2D eigenvalue weighted by Gasteiger charge is -2.03. The predicted molar refractivity (Wildman–Crippen MR) is 62.7 cm³/mol. The fraction of sp³-hybridized carbons (Fsp3) is 0.200. The van der Waals surface area contributed by atoms with E-state index in [1.54, 1.807) is 18.2 Å². The highest BCUT2D eigenvalue weighted by molar-refractivity contribution is 7.94. The van der Waals surface area contributed by atoms with Gasteiger partial charge in [-0.15, -0.1) is 0 Å². The van der Waals surface area contributed by atoms with Crippen LogP contribution in [0.3, 0.4) is 0 Å². The van der Waals surface area contributed by atoms with E-state index in [-0.39, 0.29) is 17.2 Å². The van der Waals surface area contributed by atoms with Crippen molar-refractivity contribution in [2.75, 3.05) is 13.7 Å². The zero-order valence-corrected chi connectivity index (χ0v) is 9.96. The van der Waals surface area contributed by atoms with E-state index < -0.39 is 9.84 Å². The SMILES string of the molecule is CO/C(=C\S(=O)(=O)c1ccccc1)CN=[N+]=[N-]. The van der Waals surface area contributed by atoms with Crippen molar-refractivity contribution in [3.8, 4) is 0 Å². The van der Waals surface area contributed by atoms with E-state index in [9.17, 15) is 8.42 Å². The van der Waals surface area contributed by atoms with Gasteiger partial charge in [-0.05, 0) is 17.7 Å². The minimum atomic E-state index is -3.57. The molecule has 0 amide bonds. The van der Waals surface area contributed by atoms with Gasteiger partial charge < -0.3 is 4.74 Å². The van der Waals surface area contributed by atoms with E-state index in [1.807, 2.05) is 0 Å². The first kappa shape index (κ1) is 13.1. The third kappa shape index (κ3) is 3.82. The van der Waals surface area contributed by atoms with Crippen molar-refractivity contribution in [1.82, 2.24) is 0 Å². The van der Waals surface area contributed by atoms with Gasteiger partial charge in [0.15, 0.2) is 0 Å². The van der Waals surface area contributed by atoms with E-state index in [4.69, 9.17) is 10.3 Å². The van der Waals surface area contributed by atoms with Crippen LogP contribution in [0, 0.1) is 0 Å². The molecule has 0 aliphatic heterocycles. The number of hydrogen-bond acceptors (Lipinski definition) is 4. The number of sulfone groups is 1. The zero-order chi connectivity index (χ0) is 12.7. The van der Waals surface area contributed by atoms with Gasteiger partial charge >= 0.3 is 0 Å². The lowest BCUT2D eigenvalue weighted by atomic mass is 10.4. The number of azide groups is 1. The van der Waals surface area contributed by atoms with Crippen LogP contribution in [0.2, 0.25) is 0 Å².